The van der Waals surface area contributed by atoms with Gasteiger partial charge in [-0.1, -0.05) is 25.1 Å². The quantitative estimate of drug-likeness (QED) is 0.849. The highest BCUT2D eigenvalue weighted by Crippen LogP contribution is 2.14. The van der Waals surface area contributed by atoms with Gasteiger partial charge in [-0.15, -0.1) is 0 Å². The van der Waals surface area contributed by atoms with E-state index in [0.29, 0.717) is 11.4 Å². The lowest BCUT2D eigenvalue weighted by Crippen LogP contribution is -2.14. The number of aromatic amines is 1. The molecule has 0 saturated heterocycles. The molecule has 0 aliphatic heterocycles. The molecule has 1 heterocycles. The van der Waals surface area contributed by atoms with E-state index in [9.17, 15) is 4.79 Å². The van der Waals surface area contributed by atoms with E-state index in [1.54, 1.807) is 6.20 Å². The minimum Gasteiger partial charge on any atom is -0.307 e. The average Bonchev–Trinajstić information content (AvgIpc) is 2.76. The fourth-order valence-electron chi connectivity index (χ4n) is 1.70. The minimum atomic E-state index is -0.109. The van der Waals surface area contributed by atoms with Crippen molar-refractivity contribution < 1.29 is 4.79 Å². The van der Waals surface area contributed by atoms with Crippen LogP contribution in [0.15, 0.2) is 30.5 Å². The van der Waals surface area contributed by atoms with Crippen LogP contribution in [0, 0.1) is 6.92 Å². The maximum Gasteiger partial charge on any atom is 0.257 e. The molecule has 0 saturated carbocycles. The molecule has 0 atom stereocenters. The van der Waals surface area contributed by atoms with Crippen LogP contribution in [0.3, 0.4) is 0 Å². The van der Waals surface area contributed by atoms with E-state index >= 15 is 0 Å². The summed E-state index contributed by atoms with van der Waals surface area (Å²) in [6, 6.07) is 7.50. The van der Waals surface area contributed by atoms with Crippen LogP contribution in [0.5, 0.6) is 0 Å². The first-order chi connectivity index (χ1) is 8.22. The van der Waals surface area contributed by atoms with Crippen LogP contribution in [0.4, 0.5) is 5.82 Å². The second-order valence-corrected chi connectivity index (χ2v) is 3.89. The van der Waals surface area contributed by atoms with Crippen molar-refractivity contribution in [1.29, 1.82) is 0 Å². The Morgan fingerprint density at radius 3 is 2.88 bits per heavy atom. The van der Waals surface area contributed by atoms with Crippen molar-refractivity contribution in [3.8, 4) is 0 Å². The van der Waals surface area contributed by atoms with Crippen LogP contribution in [-0.4, -0.2) is 16.1 Å². The number of benzene rings is 1. The van der Waals surface area contributed by atoms with Gasteiger partial charge in [0.15, 0.2) is 0 Å². The van der Waals surface area contributed by atoms with Crippen LogP contribution in [0.2, 0.25) is 0 Å². The Bertz CT molecular complexity index is 531. The van der Waals surface area contributed by atoms with Gasteiger partial charge in [0.1, 0.15) is 5.82 Å². The molecule has 2 aromatic rings. The summed E-state index contributed by atoms with van der Waals surface area (Å²) >= 11 is 0. The van der Waals surface area contributed by atoms with Crippen LogP contribution in [-0.2, 0) is 6.42 Å². The van der Waals surface area contributed by atoms with Crippen molar-refractivity contribution in [2.45, 2.75) is 20.3 Å². The van der Waals surface area contributed by atoms with Crippen LogP contribution >= 0.6 is 0 Å². The van der Waals surface area contributed by atoms with E-state index in [4.69, 9.17) is 0 Å². The molecule has 0 radical (unpaired) electrons. The third-order valence-electron chi connectivity index (χ3n) is 2.73. The van der Waals surface area contributed by atoms with Crippen molar-refractivity contribution in [3.05, 3.63) is 47.2 Å². The summed E-state index contributed by atoms with van der Waals surface area (Å²) in [4.78, 5) is 12.0. The second-order valence-electron chi connectivity index (χ2n) is 3.89. The maximum atomic E-state index is 12.0. The first-order valence-corrected chi connectivity index (χ1v) is 5.61. The predicted octanol–water partition coefficient (Wildman–Crippen LogP) is 2.53. The molecule has 1 amide bonds. The largest absolute Gasteiger partial charge is 0.307 e. The smallest absolute Gasteiger partial charge is 0.257 e. The summed E-state index contributed by atoms with van der Waals surface area (Å²) in [5.74, 6) is 0.572. The second kappa shape index (κ2) is 4.82. The number of aromatic nitrogens is 2. The topological polar surface area (TPSA) is 57.8 Å². The van der Waals surface area contributed by atoms with Gasteiger partial charge in [-0.3, -0.25) is 9.89 Å². The molecule has 0 aliphatic carbocycles. The standard InChI is InChI=1S/C13H15N3O/c1-3-10-8-14-16-12(10)15-13(17)11-7-5-4-6-9(11)2/h4-8H,3H2,1-2H3,(H2,14,15,16,17). The summed E-state index contributed by atoms with van der Waals surface area (Å²) in [5.41, 5.74) is 2.65. The molecule has 2 N–H and O–H groups in total. The van der Waals surface area contributed by atoms with Crippen molar-refractivity contribution >= 4 is 11.7 Å². The van der Waals surface area contributed by atoms with Crippen molar-refractivity contribution in [2.75, 3.05) is 5.32 Å². The summed E-state index contributed by atoms with van der Waals surface area (Å²) in [7, 11) is 0. The highest BCUT2D eigenvalue weighted by Gasteiger charge is 2.11. The van der Waals surface area contributed by atoms with Gasteiger partial charge < -0.3 is 5.32 Å². The highest BCUT2D eigenvalue weighted by atomic mass is 16.1. The fourth-order valence-corrected chi connectivity index (χ4v) is 1.70. The molecule has 17 heavy (non-hydrogen) atoms. The Kier molecular flexibility index (Phi) is 3.23. The number of rotatable bonds is 3. The zero-order valence-electron chi connectivity index (χ0n) is 9.95. The molecule has 0 bridgehead atoms. The average molecular weight is 229 g/mol. The molecule has 0 fully saturated rings. The maximum absolute atomic E-state index is 12.0. The Labute approximate surface area is 100 Å². The molecule has 4 heteroatoms. The van der Waals surface area contributed by atoms with Crippen molar-refractivity contribution in [3.63, 3.8) is 0 Å². The molecule has 2 rings (SSSR count). The molecule has 1 aromatic carbocycles. The molecule has 0 aliphatic rings. The normalized spacial score (nSPS) is 10.2. The lowest BCUT2D eigenvalue weighted by molar-refractivity contribution is 0.102. The Morgan fingerprint density at radius 2 is 2.18 bits per heavy atom. The number of hydrogen-bond donors (Lipinski definition) is 2. The zero-order chi connectivity index (χ0) is 12.3. The number of aryl methyl sites for hydroxylation is 2. The molecule has 0 spiro atoms. The monoisotopic (exact) mass is 229 g/mol. The first kappa shape index (κ1) is 11.4. The minimum absolute atomic E-state index is 0.109. The third-order valence-corrected chi connectivity index (χ3v) is 2.73. The highest BCUT2D eigenvalue weighted by molar-refractivity contribution is 6.05. The van der Waals surface area contributed by atoms with Crippen molar-refractivity contribution in [2.24, 2.45) is 0 Å². The van der Waals surface area contributed by atoms with Gasteiger partial charge in [-0.2, -0.15) is 5.10 Å². The zero-order valence-corrected chi connectivity index (χ0v) is 9.95. The number of hydrogen-bond acceptors (Lipinski definition) is 2. The number of nitrogens with zero attached hydrogens (tertiary/aromatic N) is 1. The van der Waals surface area contributed by atoms with Crippen LogP contribution in [0.25, 0.3) is 0 Å². The SMILES string of the molecule is CCc1cn[nH]c1NC(=O)c1ccccc1C. The number of carbonyl (C=O) groups is 1. The molecule has 88 valence electrons. The van der Waals surface area contributed by atoms with E-state index < -0.39 is 0 Å². The number of carbonyl (C=O) groups excluding carboxylic acids is 1. The van der Waals surface area contributed by atoms with Gasteiger partial charge in [-0.05, 0) is 25.0 Å². The number of amides is 1. The lowest BCUT2D eigenvalue weighted by Gasteiger charge is -2.06. The summed E-state index contributed by atoms with van der Waals surface area (Å²) in [5, 5.41) is 9.56. The summed E-state index contributed by atoms with van der Waals surface area (Å²) in [6.07, 6.45) is 2.56. The molecular formula is C13H15N3O. The Morgan fingerprint density at radius 1 is 1.41 bits per heavy atom. The summed E-state index contributed by atoms with van der Waals surface area (Å²) < 4.78 is 0. The third kappa shape index (κ3) is 2.36. The van der Waals surface area contributed by atoms with Gasteiger partial charge in [0.2, 0.25) is 0 Å². The van der Waals surface area contributed by atoms with Gasteiger partial charge in [0.05, 0.1) is 6.20 Å². The van der Waals surface area contributed by atoms with Gasteiger partial charge >= 0.3 is 0 Å². The van der Waals surface area contributed by atoms with Gasteiger partial charge in [0, 0.05) is 11.1 Å². The molecular weight excluding hydrogens is 214 g/mol. The van der Waals surface area contributed by atoms with E-state index in [1.807, 2.05) is 38.1 Å². The van der Waals surface area contributed by atoms with E-state index in [0.717, 1.165) is 17.5 Å². The number of nitrogens with one attached hydrogen (secondary N) is 2. The lowest BCUT2D eigenvalue weighted by atomic mass is 10.1. The predicted molar refractivity (Wildman–Crippen MR) is 67.1 cm³/mol. The fraction of sp³-hybridized carbons (Fsp3) is 0.231. The van der Waals surface area contributed by atoms with E-state index in [2.05, 4.69) is 15.5 Å². The van der Waals surface area contributed by atoms with Gasteiger partial charge in [0.25, 0.3) is 5.91 Å². The molecule has 0 unspecified atom stereocenters. The first-order valence-electron chi connectivity index (χ1n) is 5.61. The van der Waals surface area contributed by atoms with E-state index in [1.165, 1.54) is 0 Å². The Hall–Kier alpha value is -2.10. The van der Waals surface area contributed by atoms with Crippen LogP contribution < -0.4 is 5.32 Å². The summed E-state index contributed by atoms with van der Waals surface area (Å²) in [6.45, 7) is 3.94. The number of H-pyrrole nitrogens is 1. The van der Waals surface area contributed by atoms with E-state index in [-0.39, 0.29) is 5.91 Å². The van der Waals surface area contributed by atoms with Crippen LogP contribution in [0.1, 0.15) is 28.4 Å². The number of anilines is 1. The van der Waals surface area contributed by atoms with Gasteiger partial charge in [-0.25, -0.2) is 0 Å². The molecule has 1 aromatic heterocycles. The molecule has 4 nitrogen and oxygen atoms in total. The Balaban J connectivity index is 2.20. The van der Waals surface area contributed by atoms with Crippen molar-refractivity contribution in [1.82, 2.24) is 10.2 Å².